The van der Waals surface area contributed by atoms with Crippen LogP contribution in [0, 0.1) is 11.8 Å². The fourth-order valence-corrected chi connectivity index (χ4v) is 4.83. The van der Waals surface area contributed by atoms with Crippen molar-refractivity contribution >= 4 is 17.7 Å². The van der Waals surface area contributed by atoms with Crippen LogP contribution in [0.3, 0.4) is 0 Å². The molecular formula is C26H46N4O3. The first-order chi connectivity index (χ1) is 15.5. The fraction of sp³-hybridized carbons (Fsp3) is 0.808. The minimum atomic E-state index is -0.598. The van der Waals surface area contributed by atoms with Gasteiger partial charge in [-0.25, -0.2) is 0 Å². The lowest BCUT2D eigenvalue weighted by Gasteiger charge is -2.39. The number of amides is 3. The molecular weight excluding hydrogens is 416 g/mol. The van der Waals surface area contributed by atoms with E-state index in [0.717, 1.165) is 45.3 Å². The first-order valence-electron chi connectivity index (χ1n) is 12.8. The topological polar surface area (TPSA) is 73.0 Å². The van der Waals surface area contributed by atoms with Crippen molar-refractivity contribution in [1.82, 2.24) is 20.0 Å². The number of carbonyl (C=O) groups excluding carboxylic acids is 3. The van der Waals surface area contributed by atoms with Crippen molar-refractivity contribution in [3.05, 3.63) is 11.6 Å². The second-order valence-electron chi connectivity index (χ2n) is 10.8. The molecule has 33 heavy (non-hydrogen) atoms. The molecule has 2 unspecified atom stereocenters. The van der Waals surface area contributed by atoms with Crippen LogP contribution in [-0.2, 0) is 14.4 Å². The van der Waals surface area contributed by atoms with Crippen LogP contribution >= 0.6 is 0 Å². The Hall–Kier alpha value is -1.89. The Kier molecular flexibility index (Phi) is 9.95. The van der Waals surface area contributed by atoms with Gasteiger partial charge in [0.1, 0.15) is 6.04 Å². The standard InChI is InChI=1S/C26H46N4O3/c1-17(2)22(16-20(7)25(32)29-13-11-14-29)28(8)26(33)23(18(3)4)27-24(31)21-12-9-10-15-30(21)19(5)6/h16-19,21-23H,9-15H2,1-8H3,(H,27,31)/b20-16+/t21-,22?,23?/m1/s1. The van der Waals surface area contributed by atoms with Crippen LogP contribution in [-0.4, -0.2) is 83.3 Å². The van der Waals surface area contributed by atoms with Crippen molar-refractivity contribution in [1.29, 1.82) is 0 Å². The van der Waals surface area contributed by atoms with Crippen molar-refractivity contribution in [2.24, 2.45) is 11.8 Å². The normalized spacial score (nSPS) is 21.7. The molecule has 0 aromatic rings. The first-order valence-corrected chi connectivity index (χ1v) is 12.8. The quantitative estimate of drug-likeness (QED) is 0.535. The second kappa shape index (κ2) is 12.0. The van der Waals surface area contributed by atoms with E-state index in [9.17, 15) is 14.4 Å². The van der Waals surface area contributed by atoms with E-state index in [-0.39, 0.29) is 41.6 Å². The number of carbonyl (C=O) groups is 3. The van der Waals surface area contributed by atoms with E-state index in [2.05, 4.69) is 37.9 Å². The zero-order chi connectivity index (χ0) is 24.9. The molecule has 0 aromatic heterocycles. The summed E-state index contributed by atoms with van der Waals surface area (Å²) in [6, 6.07) is -0.711. The highest BCUT2D eigenvalue weighted by atomic mass is 16.2. The van der Waals surface area contributed by atoms with Gasteiger partial charge in [-0.05, 0) is 58.4 Å². The summed E-state index contributed by atoms with van der Waals surface area (Å²) < 4.78 is 0. The predicted octanol–water partition coefficient (Wildman–Crippen LogP) is 3.05. The summed E-state index contributed by atoms with van der Waals surface area (Å²) in [5.74, 6) is -0.0152. The van der Waals surface area contributed by atoms with Crippen LogP contribution in [0.2, 0.25) is 0 Å². The van der Waals surface area contributed by atoms with Gasteiger partial charge in [-0.3, -0.25) is 19.3 Å². The average molecular weight is 463 g/mol. The van der Waals surface area contributed by atoms with Crippen LogP contribution in [0.15, 0.2) is 11.6 Å². The van der Waals surface area contributed by atoms with Crippen molar-refractivity contribution in [3.63, 3.8) is 0 Å². The van der Waals surface area contributed by atoms with E-state index in [1.807, 2.05) is 31.7 Å². The molecule has 2 saturated heterocycles. The van der Waals surface area contributed by atoms with Gasteiger partial charge in [0, 0.05) is 31.8 Å². The van der Waals surface area contributed by atoms with Gasteiger partial charge in [-0.15, -0.1) is 0 Å². The van der Waals surface area contributed by atoms with Crippen molar-refractivity contribution in [2.45, 2.75) is 98.3 Å². The molecule has 0 bridgehead atoms. The van der Waals surface area contributed by atoms with E-state index in [0.29, 0.717) is 11.6 Å². The number of nitrogens with one attached hydrogen (secondary N) is 1. The highest BCUT2D eigenvalue weighted by molar-refractivity contribution is 5.94. The highest BCUT2D eigenvalue weighted by Crippen LogP contribution is 2.22. The maximum Gasteiger partial charge on any atom is 0.249 e. The van der Waals surface area contributed by atoms with Crippen LogP contribution in [0.4, 0.5) is 0 Å². The molecule has 0 saturated carbocycles. The first kappa shape index (κ1) is 27.4. The van der Waals surface area contributed by atoms with Crippen LogP contribution in [0.1, 0.15) is 74.1 Å². The Morgan fingerprint density at radius 2 is 1.58 bits per heavy atom. The van der Waals surface area contributed by atoms with Gasteiger partial charge in [-0.2, -0.15) is 0 Å². The van der Waals surface area contributed by atoms with Gasteiger partial charge in [-0.1, -0.05) is 40.2 Å². The number of piperidine rings is 1. The summed E-state index contributed by atoms with van der Waals surface area (Å²) in [7, 11) is 1.79. The molecule has 1 N–H and O–H groups in total. The zero-order valence-electron chi connectivity index (χ0n) is 22.1. The molecule has 3 amide bonds. The second-order valence-corrected chi connectivity index (χ2v) is 10.8. The lowest BCUT2D eigenvalue weighted by atomic mass is 9.95. The molecule has 2 aliphatic heterocycles. The Morgan fingerprint density at radius 1 is 0.939 bits per heavy atom. The molecule has 0 aromatic carbocycles. The Labute approximate surface area is 200 Å². The van der Waals surface area contributed by atoms with Crippen molar-refractivity contribution in [2.75, 3.05) is 26.7 Å². The molecule has 7 nitrogen and oxygen atoms in total. The van der Waals surface area contributed by atoms with Gasteiger partial charge in [0.05, 0.1) is 12.1 Å². The van der Waals surface area contributed by atoms with Gasteiger partial charge >= 0.3 is 0 Å². The van der Waals surface area contributed by atoms with E-state index in [1.165, 1.54) is 0 Å². The van der Waals surface area contributed by atoms with E-state index >= 15 is 0 Å². The molecule has 2 rings (SSSR count). The molecule has 2 aliphatic rings. The fourth-order valence-electron chi connectivity index (χ4n) is 4.83. The molecule has 0 spiro atoms. The Balaban J connectivity index is 2.16. The number of rotatable bonds is 9. The van der Waals surface area contributed by atoms with Crippen LogP contribution < -0.4 is 5.32 Å². The van der Waals surface area contributed by atoms with Crippen molar-refractivity contribution < 1.29 is 14.4 Å². The third kappa shape index (κ3) is 6.81. The molecule has 2 fully saturated rings. The maximum atomic E-state index is 13.6. The SMILES string of the molecule is C/C(=C\C(C(C)C)N(C)C(=O)C(NC(=O)[C@H]1CCCCN1C(C)C)C(C)C)C(=O)N1CCC1. The monoisotopic (exact) mass is 462 g/mol. The molecule has 2 heterocycles. The molecule has 0 aliphatic carbocycles. The summed E-state index contributed by atoms with van der Waals surface area (Å²) in [6.45, 7) is 16.6. The van der Waals surface area contributed by atoms with E-state index < -0.39 is 6.04 Å². The number of likely N-dealkylation sites (tertiary alicyclic amines) is 2. The summed E-state index contributed by atoms with van der Waals surface area (Å²) in [5, 5.41) is 3.09. The van der Waals surface area contributed by atoms with Crippen LogP contribution in [0.5, 0.6) is 0 Å². The molecule has 188 valence electrons. The summed E-state index contributed by atoms with van der Waals surface area (Å²) in [6.07, 6.45) is 5.94. The van der Waals surface area contributed by atoms with Crippen molar-refractivity contribution in [3.8, 4) is 0 Å². The molecule has 7 heteroatoms. The third-order valence-corrected chi connectivity index (χ3v) is 7.12. The largest absolute Gasteiger partial charge is 0.343 e. The Morgan fingerprint density at radius 3 is 2.06 bits per heavy atom. The Bertz CT molecular complexity index is 727. The predicted molar refractivity (Wildman–Crippen MR) is 133 cm³/mol. The number of nitrogens with zero attached hydrogens (tertiary/aromatic N) is 3. The smallest absolute Gasteiger partial charge is 0.249 e. The summed E-state index contributed by atoms with van der Waals surface area (Å²) in [4.78, 5) is 45.3. The van der Waals surface area contributed by atoms with E-state index in [1.54, 1.807) is 11.9 Å². The highest BCUT2D eigenvalue weighted by Gasteiger charge is 2.36. The van der Waals surface area contributed by atoms with Gasteiger partial charge in [0.25, 0.3) is 0 Å². The van der Waals surface area contributed by atoms with Crippen LogP contribution in [0.25, 0.3) is 0 Å². The summed E-state index contributed by atoms with van der Waals surface area (Å²) >= 11 is 0. The number of likely N-dealkylation sites (N-methyl/N-ethyl adjacent to an activating group) is 1. The van der Waals surface area contributed by atoms with E-state index in [4.69, 9.17) is 0 Å². The minimum absolute atomic E-state index is 0.0411. The minimum Gasteiger partial charge on any atom is -0.343 e. The zero-order valence-corrected chi connectivity index (χ0v) is 22.1. The molecule has 3 atom stereocenters. The molecule has 0 radical (unpaired) electrons. The lowest BCUT2D eigenvalue weighted by molar-refractivity contribution is -0.140. The number of hydrogen-bond donors (Lipinski definition) is 1. The maximum absolute atomic E-state index is 13.6. The summed E-state index contributed by atoms with van der Waals surface area (Å²) in [5.41, 5.74) is 0.674. The van der Waals surface area contributed by atoms with Gasteiger partial charge < -0.3 is 15.1 Å². The average Bonchev–Trinajstić information content (AvgIpc) is 2.72. The van der Waals surface area contributed by atoms with Gasteiger partial charge in [0.15, 0.2) is 0 Å². The lowest BCUT2D eigenvalue weighted by Crippen LogP contribution is -2.58. The number of hydrogen-bond acceptors (Lipinski definition) is 4. The third-order valence-electron chi connectivity index (χ3n) is 7.12. The van der Waals surface area contributed by atoms with Gasteiger partial charge in [0.2, 0.25) is 17.7 Å².